The second-order valence-electron chi connectivity index (χ2n) is 6.15. The van der Waals surface area contributed by atoms with Crippen LogP contribution in [0.4, 0.5) is 0 Å². The molecule has 102 valence electrons. The van der Waals surface area contributed by atoms with Gasteiger partial charge in [-0.3, -0.25) is 0 Å². The highest BCUT2D eigenvalue weighted by atomic mass is 15.3. The molecule has 1 N–H and O–H groups in total. The summed E-state index contributed by atoms with van der Waals surface area (Å²) in [6, 6.07) is 9.40. The van der Waals surface area contributed by atoms with Crippen molar-refractivity contribution in [2.24, 2.45) is 11.0 Å². The van der Waals surface area contributed by atoms with E-state index in [9.17, 15) is 0 Å². The molecule has 2 atom stereocenters. The number of hydrogen-bond donors (Lipinski definition) is 1. The third-order valence-corrected chi connectivity index (χ3v) is 4.40. The van der Waals surface area contributed by atoms with Crippen LogP contribution in [0.5, 0.6) is 0 Å². The van der Waals surface area contributed by atoms with E-state index in [4.69, 9.17) is 0 Å². The van der Waals surface area contributed by atoms with Gasteiger partial charge in [-0.15, -0.1) is 0 Å². The minimum Gasteiger partial charge on any atom is -0.305 e. The maximum Gasteiger partial charge on any atom is 0.0782 e. The minimum atomic E-state index is 0.360. The summed E-state index contributed by atoms with van der Waals surface area (Å²) in [6.07, 6.45) is 1.11. The van der Waals surface area contributed by atoms with Gasteiger partial charge in [0.25, 0.3) is 0 Å². The predicted octanol–water partition coefficient (Wildman–Crippen LogP) is 2.76. The number of fused-ring (bicyclic) bond motifs is 1. The van der Waals surface area contributed by atoms with Gasteiger partial charge in [-0.25, -0.2) is 0 Å². The Bertz CT molecular complexity index is 475. The van der Waals surface area contributed by atoms with Gasteiger partial charge in [0, 0.05) is 31.1 Å². The van der Waals surface area contributed by atoms with Gasteiger partial charge in [0.05, 0.1) is 6.04 Å². The summed E-state index contributed by atoms with van der Waals surface area (Å²) < 4.78 is 0. The Morgan fingerprint density at radius 3 is 2.68 bits per heavy atom. The maximum atomic E-state index is 4.55. The molecule has 1 aromatic carbocycles. The third kappa shape index (κ3) is 2.39. The van der Waals surface area contributed by atoms with E-state index in [-0.39, 0.29) is 0 Å². The Kier molecular flexibility index (Phi) is 3.31. The monoisotopic (exact) mass is 257 g/mol. The Balaban J connectivity index is 1.79. The summed E-state index contributed by atoms with van der Waals surface area (Å²) in [5.74, 6) is 1.14. The van der Waals surface area contributed by atoms with Gasteiger partial charge in [0.2, 0.25) is 0 Å². The summed E-state index contributed by atoms with van der Waals surface area (Å²) in [4.78, 5) is 2.41. The van der Waals surface area contributed by atoms with Crippen molar-refractivity contribution in [2.75, 3.05) is 20.1 Å². The van der Waals surface area contributed by atoms with Gasteiger partial charge in [-0.1, -0.05) is 38.1 Å². The lowest BCUT2D eigenvalue weighted by Crippen LogP contribution is -2.39. The molecule has 3 rings (SSSR count). The lowest BCUT2D eigenvalue weighted by Gasteiger charge is -2.31. The molecule has 2 heterocycles. The van der Waals surface area contributed by atoms with Crippen molar-refractivity contribution in [1.29, 1.82) is 0 Å². The van der Waals surface area contributed by atoms with E-state index in [1.54, 1.807) is 0 Å². The van der Waals surface area contributed by atoms with Gasteiger partial charge >= 0.3 is 0 Å². The molecule has 19 heavy (non-hydrogen) atoms. The normalized spacial score (nSPS) is 27.1. The average Bonchev–Trinajstić information content (AvgIpc) is 2.81. The molecule has 3 heteroatoms. The fourth-order valence-electron chi connectivity index (χ4n) is 3.10. The number of benzene rings is 1. The molecular formula is C16H23N3. The van der Waals surface area contributed by atoms with Crippen molar-refractivity contribution in [3.05, 3.63) is 35.4 Å². The van der Waals surface area contributed by atoms with Crippen LogP contribution >= 0.6 is 0 Å². The third-order valence-electron chi connectivity index (χ3n) is 4.40. The van der Waals surface area contributed by atoms with Crippen LogP contribution in [0.3, 0.4) is 0 Å². The molecule has 0 spiro atoms. The molecule has 1 saturated heterocycles. The van der Waals surface area contributed by atoms with Gasteiger partial charge in [-0.2, -0.15) is 5.10 Å². The number of nitrogens with one attached hydrogen (secondary N) is 1. The van der Waals surface area contributed by atoms with Crippen LogP contribution in [0.2, 0.25) is 0 Å². The van der Waals surface area contributed by atoms with Crippen LogP contribution in [0.25, 0.3) is 0 Å². The first kappa shape index (κ1) is 12.7. The highest BCUT2D eigenvalue weighted by molar-refractivity contribution is 5.89. The molecule has 0 bridgehead atoms. The van der Waals surface area contributed by atoms with Crippen LogP contribution < -0.4 is 5.43 Å². The molecule has 0 aromatic heterocycles. The Morgan fingerprint density at radius 1 is 1.26 bits per heavy atom. The molecule has 2 aliphatic rings. The number of nitrogens with zero attached hydrogens (tertiary/aromatic N) is 2. The topological polar surface area (TPSA) is 27.6 Å². The molecule has 0 saturated carbocycles. The average molecular weight is 257 g/mol. The lowest BCUT2D eigenvalue weighted by atomic mass is 9.86. The Hall–Kier alpha value is -1.35. The highest BCUT2D eigenvalue weighted by Crippen LogP contribution is 2.32. The van der Waals surface area contributed by atoms with Crippen molar-refractivity contribution in [3.63, 3.8) is 0 Å². The van der Waals surface area contributed by atoms with Crippen molar-refractivity contribution in [2.45, 2.75) is 32.2 Å². The van der Waals surface area contributed by atoms with Crippen LogP contribution in [0, 0.1) is 5.92 Å². The predicted molar refractivity (Wildman–Crippen MR) is 79.4 cm³/mol. The molecule has 0 radical (unpaired) electrons. The summed E-state index contributed by atoms with van der Waals surface area (Å²) >= 11 is 0. The zero-order valence-corrected chi connectivity index (χ0v) is 12.1. The summed E-state index contributed by atoms with van der Waals surface area (Å²) in [5, 5.41) is 4.55. The summed E-state index contributed by atoms with van der Waals surface area (Å²) in [7, 11) is 2.20. The Labute approximate surface area is 115 Å². The zero-order valence-electron chi connectivity index (χ0n) is 12.1. The van der Waals surface area contributed by atoms with Crippen LogP contribution in [-0.2, 0) is 0 Å². The molecule has 0 aliphatic carbocycles. The van der Waals surface area contributed by atoms with Gasteiger partial charge in [0.1, 0.15) is 0 Å². The van der Waals surface area contributed by atoms with Crippen LogP contribution in [0.1, 0.15) is 43.4 Å². The molecule has 1 aromatic rings. The van der Waals surface area contributed by atoms with Gasteiger partial charge in [0.15, 0.2) is 0 Å². The summed E-state index contributed by atoms with van der Waals surface area (Å²) in [5.41, 5.74) is 7.47. The van der Waals surface area contributed by atoms with E-state index in [2.05, 4.69) is 60.6 Å². The first-order valence-electron chi connectivity index (χ1n) is 7.25. The quantitative estimate of drug-likeness (QED) is 0.882. The second kappa shape index (κ2) is 4.97. The van der Waals surface area contributed by atoms with Crippen molar-refractivity contribution in [1.82, 2.24) is 10.3 Å². The van der Waals surface area contributed by atoms with Crippen LogP contribution in [-0.4, -0.2) is 30.7 Å². The summed E-state index contributed by atoms with van der Waals surface area (Å²) in [6.45, 7) is 6.72. The molecule has 0 amide bonds. The van der Waals surface area contributed by atoms with E-state index < -0.39 is 0 Å². The molecule has 3 nitrogen and oxygen atoms in total. The SMILES string of the molecule is CC(C)c1ccc(C2NN=C3CCN(C)CC32)cc1. The van der Waals surface area contributed by atoms with E-state index in [1.165, 1.54) is 16.8 Å². The molecule has 1 fully saturated rings. The highest BCUT2D eigenvalue weighted by Gasteiger charge is 2.35. The first-order chi connectivity index (χ1) is 9.15. The molecule has 2 unspecified atom stereocenters. The molecular weight excluding hydrogens is 234 g/mol. The van der Waals surface area contributed by atoms with E-state index in [1.807, 2.05) is 0 Å². The standard InChI is InChI=1S/C16H23N3/c1-11(2)12-4-6-13(7-5-12)16-14-10-19(3)9-8-15(14)17-18-16/h4-7,11,14,16,18H,8-10H2,1-3H3. The second-order valence-corrected chi connectivity index (χ2v) is 6.15. The largest absolute Gasteiger partial charge is 0.305 e. The number of likely N-dealkylation sites (tertiary alicyclic amines) is 1. The van der Waals surface area contributed by atoms with Crippen molar-refractivity contribution < 1.29 is 0 Å². The molecule has 2 aliphatic heterocycles. The number of rotatable bonds is 2. The number of hydrazone groups is 1. The smallest absolute Gasteiger partial charge is 0.0782 e. The van der Waals surface area contributed by atoms with Gasteiger partial charge < -0.3 is 10.3 Å². The van der Waals surface area contributed by atoms with Crippen molar-refractivity contribution in [3.8, 4) is 0 Å². The lowest BCUT2D eigenvalue weighted by molar-refractivity contribution is 0.272. The maximum absolute atomic E-state index is 4.55. The van der Waals surface area contributed by atoms with Crippen molar-refractivity contribution >= 4 is 5.71 Å². The van der Waals surface area contributed by atoms with E-state index >= 15 is 0 Å². The fraction of sp³-hybridized carbons (Fsp3) is 0.562. The van der Waals surface area contributed by atoms with Gasteiger partial charge in [-0.05, 0) is 24.1 Å². The Morgan fingerprint density at radius 2 is 2.00 bits per heavy atom. The van der Waals surface area contributed by atoms with E-state index in [0.717, 1.165) is 19.5 Å². The number of piperidine rings is 1. The minimum absolute atomic E-state index is 0.360. The number of hydrogen-bond acceptors (Lipinski definition) is 3. The zero-order chi connectivity index (χ0) is 13.4. The fourth-order valence-corrected chi connectivity index (χ4v) is 3.10. The first-order valence-corrected chi connectivity index (χ1v) is 7.25. The van der Waals surface area contributed by atoms with E-state index in [0.29, 0.717) is 17.9 Å². The van der Waals surface area contributed by atoms with Crippen LogP contribution in [0.15, 0.2) is 29.4 Å².